The summed E-state index contributed by atoms with van der Waals surface area (Å²) in [7, 11) is 0. The van der Waals surface area contributed by atoms with Gasteiger partial charge in [-0.3, -0.25) is 0 Å². The predicted molar refractivity (Wildman–Crippen MR) is 84.6 cm³/mol. The normalized spacial score (nSPS) is 10.7. The highest BCUT2D eigenvalue weighted by molar-refractivity contribution is 14.1. The van der Waals surface area contributed by atoms with E-state index in [4.69, 9.17) is 10.5 Å². The van der Waals surface area contributed by atoms with Crippen LogP contribution >= 0.6 is 22.6 Å². The van der Waals surface area contributed by atoms with Gasteiger partial charge in [0.05, 0.1) is 11.8 Å². The smallest absolute Gasteiger partial charge is 0.242 e. The van der Waals surface area contributed by atoms with E-state index in [0.717, 1.165) is 3.57 Å². The van der Waals surface area contributed by atoms with E-state index in [2.05, 4.69) is 15.3 Å². The fourth-order valence-electron chi connectivity index (χ4n) is 1.51. The molecule has 7 heteroatoms. The number of rotatable bonds is 4. The zero-order valence-corrected chi connectivity index (χ0v) is 13.2. The molecule has 0 unspecified atom stereocenters. The van der Waals surface area contributed by atoms with Gasteiger partial charge < -0.3 is 15.8 Å². The van der Waals surface area contributed by atoms with Crippen LogP contribution in [0.2, 0.25) is 0 Å². The Kier molecular flexibility index (Phi) is 4.58. The van der Waals surface area contributed by atoms with Crippen molar-refractivity contribution in [3.05, 3.63) is 33.9 Å². The van der Waals surface area contributed by atoms with Crippen LogP contribution in [0.1, 0.15) is 13.8 Å². The summed E-state index contributed by atoms with van der Waals surface area (Å²) >= 11 is 2.04. The average Bonchev–Trinajstić information content (AvgIpc) is 2.36. The van der Waals surface area contributed by atoms with Crippen molar-refractivity contribution < 1.29 is 9.13 Å². The van der Waals surface area contributed by atoms with E-state index in [1.54, 1.807) is 6.07 Å². The van der Waals surface area contributed by atoms with E-state index in [0.29, 0.717) is 23.1 Å². The van der Waals surface area contributed by atoms with Crippen molar-refractivity contribution in [3.63, 3.8) is 0 Å². The van der Waals surface area contributed by atoms with Crippen LogP contribution in [0.4, 0.5) is 21.6 Å². The second-order valence-electron chi connectivity index (χ2n) is 4.36. The molecule has 0 aliphatic heterocycles. The van der Waals surface area contributed by atoms with Gasteiger partial charge in [0.1, 0.15) is 17.8 Å². The first-order valence-electron chi connectivity index (χ1n) is 5.96. The van der Waals surface area contributed by atoms with Crippen LogP contribution < -0.4 is 15.8 Å². The molecule has 0 atom stereocenters. The molecule has 0 saturated heterocycles. The Balaban J connectivity index is 2.29. The molecule has 1 aromatic heterocycles. The van der Waals surface area contributed by atoms with E-state index >= 15 is 0 Å². The van der Waals surface area contributed by atoms with Crippen molar-refractivity contribution >= 4 is 39.8 Å². The first-order valence-corrected chi connectivity index (χ1v) is 7.04. The Morgan fingerprint density at radius 2 is 2.10 bits per heavy atom. The van der Waals surface area contributed by atoms with Crippen LogP contribution in [-0.4, -0.2) is 16.1 Å². The molecule has 106 valence electrons. The molecule has 2 rings (SSSR count). The van der Waals surface area contributed by atoms with Crippen LogP contribution in [0.3, 0.4) is 0 Å². The molecular weight excluding hydrogens is 374 g/mol. The molecule has 2 aromatic rings. The number of hydrogen-bond acceptors (Lipinski definition) is 5. The maximum absolute atomic E-state index is 13.1. The van der Waals surface area contributed by atoms with E-state index < -0.39 is 0 Å². The highest BCUT2D eigenvalue weighted by Gasteiger charge is 2.12. The lowest BCUT2D eigenvalue weighted by atomic mass is 10.3. The summed E-state index contributed by atoms with van der Waals surface area (Å²) in [6, 6.07) is 4.42. The fourth-order valence-corrected chi connectivity index (χ4v) is 2.13. The highest BCUT2D eigenvalue weighted by atomic mass is 127. The molecule has 5 nitrogen and oxygen atoms in total. The minimum atomic E-state index is -0.292. The Hall–Kier alpha value is -1.64. The number of nitrogen functional groups attached to an aromatic ring is 1. The standard InChI is InChI=1S/C13H14FIN4O/c1-7(2)20-13-11(16)12(17-6-18-13)19-10-4-3-8(14)5-9(10)15/h3-7H,16H2,1-2H3,(H,17,18,19). The third-order valence-electron chi connectivity index (χ3n) is 2.38. The van der Waals surface area contributed by atoms with E-state index in [1.807, 2.05) is 36.4 Å². The number of nitrogens with zero attached hydrogens (tertiary/aromatic N) is 2. The number of anilines is 3. The van der Waals surface area contributed by atoms with Gasteiger partial charge in [-0.15, -0.1) is 0 Å². The molecular formula is C13H14FIN4O. The number of ether oxygens (including phenoxy) is 1. The third kappa shape index (κ3) is 3.47. The van der Waals surface area contributed by atoms with Crippen molar-refractivity contribution in [1.82, 2.24) is 9.97 Å². The Labute approximate surface area is 129 Å². The van der Waals surface area contributed by atoms with Crippen molar-refractivity contribution in [2.75, 3.05) is 11.1 Å². The summed E-state index contributed by atoms with van der Waals surface area (Å²) in [6.07, 6.45) is 1.33. The van der Waals surface area contributed by atoms with E-state index in [-0.39, 0.29) is 11.9 Å². The molecule has 0 radical (unpaired) electrons. The second kappa shape index (κ2) is 6.21. The van der Waals surface area contributed by atoms with Crippen LogP contribution in [0.15, 0.2) is 24.5 Å². The zero-order valence-electron chi connectivity index (χ0n) is 11.0. The Morgan fingerprint density at radius 1 is 1.35 bits per heavy atom. The molecule has 0 aliphatic rings. The van der Waals surface area contributed by atoms with Crippen LogP contribution in [0.25, 0.3) is 0 Å². The van der Waals surface area contributed by atoms with Gasteiger partial charge >= 0.3 is 0 Å². The van der Waals surface area contributed by atoms with Gasteiger partial charge in [-0.1, -0.05) is 0 Å². The van der Waals surface area contributed by atoms with Crippen molar-refractivity contribution in [2.45, 2.75) is 20.0 Å². The molecule has 0 aliphatic carbocycles. The minimum Gasteiger partial charge on any atom is -0.473 e. The zero-order chi connectivity index (χ0) is 14.7. The molecule has 0 saturated carbocycles. The lowest BCUT2D eigenvalue weighted by Gasteiger charge is -2.14. The minimum absolute atomic E-state index is 0.0361. The first kappa shape index (κ1) is 14.8. The predicted octanol–water partition coefficient (Wildman–Crippen LogP) is 3.33. The molecule has 1 heterocycles. The SMILES string of the molecule is CC(C)Oc1ncnc(Nc2ccc(F)cc2I)c1N. The van der Waals surface area contributed by atoms with Crippen LogP contribution in [0, 0.1) is 9.39 Å². The second-order valence-corrected chi connectivity index (χ2v) is 5.52. The number of nitrogens with one attached hydrogen (secondary N) is 1. The average molecular weight is 388 g/mol. The van der Waals surface area contributed by atoms with Crippen molar-refractivity contribution in [1.29, 1.82) is 0 Å². The Bertz CT molecular complexity index is 621. The van der Waals surface area contributed by atoms with E-state index in [9.17, 15) is 4.39 Å². The molecule has 0 bridgehead atoms. The van der Waals surface area contributed by atoms with Gasteiger partial charge in [0, 0.05) is 3.57 Å². The molecule has 1 aromatic carbocycles. The maximum Gasteiger partial charge on any atom is 0.242 e. The van der Waals surface area contributed by atoms with Crippen LogP contribution in [-0.2, 0) is 0 Å². The van der Waals surface area contributed by atoms with Crippen molar-refractivity contribution in [3.8, 4) is 5.88 Å². The Morgan fingerprint density at radius 3 is 2.75 bits per heavy atom. The number of nitrogens with two attached hydrogens (primary N) is 1. The number of benzene rings is 1. The molecule has 20 heavy (non-hydrogen) atoms. The number of aromatic nitrogens is 2. The van der Waals surface area contributed by atoms with Gasteiger partial charge in [0.15, 0.2) is 5.82 Å². The number of halogens is 2. The molecule has 0 spiro atoms. The lowest BCUT2D eigenvalue weighted by molar-refractivity contribution is 0.234. The number of hydrogen-bond donors (Lipinski definition) is 2. The monoisotopic (exact) mass is 388 g/mol. The molecule has 0 fully saturated rings. The fraction of sp³-hybridized carbons (Fsp3) is 0.231. The van der Waals surface area contributed by atoms with Gasteiger partial charge in [0.2, 0.25) is 5.88 Å². The maximum atomic E-state index is 13.1. The van der Waals surface area contributed by atoms with Gasteiger partial charge in [-0.05, 0) is 54.6 Å². The molecule has 3 N–H and O–H groups in total. The third-order valence-corrected chi connectivity index (χ3v) is 3.27. The summed E-state index contributed by atoms with van der Waals surface area (Å²) < 4.78 is 19.3. The lowest BCUT2D eigenvalue weighted by Crippen LogP contribution is -2.11. The summed E-state index contributed by atoms with van der Waals surface area (Å²) in [5.74, 6) is 0.467. The van der Waals surface area contributed by atoms with Gasteiger partial charge in [0.25, 0.3) is 0 Å². The quantitative estimate of drug-likeness (QED) is 0.787. The summed E-state index contributed by atoms with van der Waals surface area (Å²) in [5.41, 5.74) is 7.01. The molecule has 0 amide bonds. The van der Waals surface area contributed by atoms with Gasteiger partial charge in [-0.25, -0.2) is 9.37 Å². The summed E-state index contributed by atoms with van der Waals surface area (Å²) in [6.45, 7) is 3.77. The van der Waals surface area contributed by atoms with Crippen LogP contribution in [0.5, 0.6) is 5.88 Å². The summed E-state index contributed by atoms with van der Waals surface area (Å²) in [4.78, 5) is 8.08. The first-order chi connectivity index (χ1) is 9.47. The van der Waals surface area contributed by atoms with Gasteiger partial charge in [-0.2, -0.15) is 4.98 Å². The summed E-state index contributed by atoms with van der Waals surface area (Å²) in [5, 5.41) is 3.05. The van der Waals surface area contributed by atoms with E-state index in [1.165, 1.54) is 18.5 Å². The highest BCUT2D eigenvalue weighted by Crippen LogP contribution is 2.30. The van der Waals surface area contributed by atoms with Crippen molar-refractivity contribution in [2.24, 2.45) is 0 Å². The topological polar surface area (TPSA) is 73.1 Å². The largest absolute Gasteiger partial charge is 0.473 e.